The zero-order valence-electron chi connectivity index (χ0n) is 10.9. The number of benzene rings is 1. The summed E-state index contributed by atoms with van der Waals surface area (Å²) in [5, 5.41) is 4.05. The monoisotopic (exact) mass is 256 g/mol. The molecular weight excluding hydrogens is 240 g/mol. The first-order valence-electron chi connectivity index (χ1n) is 6.70. The first-order chi connectivity index (χ1) is 9.28. The third-order valence-electron chi connectivity index (χ3n) is 3.67. The standard InChI is InChI=1S/C15H16N2O2/c1-2-11(18)9-14-16-15(17-19-14)13-8-7-10-5-3-4-6-12(10)13/h3-6,13H,2,7-9H2,1H3. The van der Waals surface area contributed by atoms with Gasteiger partial charge in [0.2, 0.25) is 5.89 Å². The largest absolute Gasteiger partial charge is 0.339 e. The molecule has 0 saturated heterocycles. The van der Waals surface area contributed by atoms with Crippen molar-refractivity contribution in [2.24, 2.45) is 0 Å². The second-order valence-corrected chi connectivity index (χ2v) is 4.91. The van der Waals surface area contributed by atoms with Gasteiger partial charge in [-0.15, -0.1) is 0 Å². The lowest BCUT2D eigenvalue weighted by Crippen LogP contribution is -2.02. The highest BCUT2D eigenvalue weighted by Gasteiger charge is 2.27. The average Bonchev–Trinajstić information content (AvgIpc) is 3.04. The summed E-state index contributed by atoms with van der Waals surface area (Å²) < 4.78 is 5.18. The van der Waals surface area contributed by atoms with Crippen LogP contribution in [0.1, 0.15) is 48.5 Å². The van der Waals surface area contributed by atoms with Crippen molar-refractivity contribution in [3.63, 3.8) is 0 Å². The van der Waals surface area contributed by atoms with Gasteiger partial charge in [-0.1, -0.05) is 36.3 Å². The van der Waals surface area contributed by atoms with Crippen molar-refractivity contribution in [1.29, 1.82) is 0 Å². The minimum atomic E-state index is 0.127. The predicted octanol–water partition coefficient (Wildman–Crippen LogP) is 2.67. The van der Waals surface area contributed by atoms with Gasteiger partial charge in [-0.25, -0.2) is 0 Å². The van der Waals surface area contributed by atoms with E-state index in [9.17, 15) is 4.79 Å². The molecule has 1 heterocycles. The molecule has 1 unspecified atom stereocenters. The van der Waals surface area contributed by atoms with Crippen molar-refractivity contribution in [3.05, 3.63) is 47.1 Å². The Morgan fingerprint density at radius 3 is 3.11 bits per heavy atom. The Labute approximate surface area is 111 Å². The molecule has 0 bridgehead atoms. The first kappa shape index (κ1) is 12.1. The second-order valence-electron chi connectivity index (χ2n) is 4.91. The van der Waals surface area contributed by atoms with Crippen LogP contribution in [-0.2, 0) is 17.6 Å². The number of nitrogens with zero attached hydrogens (tertiary/aromatic N) is 2. The Kier molecular flexibility index (Phi) is 3.15. The Morgan fingerprint density at radius 1 is 1.42 bits per heavy atom. The van der Waals surface area contributed by atoms with Crippen LogP contribution in [0.2, 0.25) is 0 Å². The number of carbonyl (C=O) groups excluding carboxylic acids is 1. The molecule has 19 heavy (non-hydrogen) atoms. The van der Waals surface area contributed by atoms with E-state index in [1.165, 1.54) is 11.1 Å². The molecule has 1 aromatic heterocycles. The number of hydrogen-bond acceptors (Lipinski definition) is 4. The summed E-state index contributed by atoms with van der Waals surface area (Å²) in [4.78, 5) is 15.8. The highest BCUT2D eigenvalue weighted by atomic mass is 16.5. The van der Waals surface area contributed by atoms with Crippen LogP contribution in [0.5, 0.6) is 0 Å². The molecule has 0 amide bonds. The minimum absolute atomic E-state index is 0.127. The predicted molar refractivity (Wildman–Crippen MR) is 69.9 cm³/mol. The topological polar surface area (TPSA) is 56.0 Å². The summed E-state index contributed by atoms with van der Waals surface area (Å²) in [5.74, 6) is 1.49. The molecule has 1 atom stereocenters. The van der Waals surface area contributed by atoms with E-state index in [1.54, 1.807) is 0 Å². The van der Waals surface area contributed by atoms with Crippen LogP contribution in [0.4, 0.5) is 0 Å². The lowest BCUT2D eigenvalue weighted by atomic mass is 10.0. The molecule has 0 saturated carbocycles. The maximum Gasteiger partial charge on any atom is 0.234 e. The second kappa shape index (κ2) is 4.96. The van der Waals surface area contributed by atoms with Gasteiger partial charge < -0.3 is 4.52 Å². The lowest BCUT2D eigenvalue weighted by Gasteiger charge is -2.05. The summed E-state index contributed by atoms with van der Waals surface area (Å²) in [6.07, 6.45) is 2.82. The zero-order valence-corrected chi connectivity index (χ0v) is 10.9. The maximum atomic E-state index is 11.4. The van der Waals surface area contributed by atoms with Gasteiger partial charge in [0.1, 0.15) is 5.78 Å². The summed E-state index contributed by atoms with van der Waals surface area (Å²) in [5.41, 5.74) is 2.65. The van der Waals surface area contributed by atoms with Crippen LogP contribution >= 0.6 is 0 Å². The number of aryl methyl sites for hydroxylation is 1. The number of Topliss-reactive ketones (excluding diaryl/α,β-unsaturated/α-hetero) is 1. The normalized spacial score (nSPS) is 17.4. The minimum Gasteiger partial charge on any atom is -0.339 e. The van der Waals surface area contributed by atoms with Gasteiger partial charge in [0, 0.05) is 12.3 Å². The van der Waals surface area contributed by atoms with E-state index >= 15 is 0 Å². The molecule has 4 heteroatoms. The van der Waals surface area contributed by atoms with Crippen LogP contribution in [0.25, 0.3) is 0 Å². The molecule has 1 aliphatic rings. The molecule has 4 nitrogen and oxygen atoms in total. The quantitative estimate of drug-likeness (QED) is 0.844. The van der Waals surface area contributed by atoms with Crippen LogP contribution < -0.4 is 0 Å². The van der Waals surface area contributed by atoms with Crippen LogP contribution in [-0.4, -0.2) is 15.9 Å². The third-order valence-corrected chi connectivity index (χ3v) is 3.67. The molecular formula is C15H16N2O2. The van der Waals surface area contributed by atoms with Crippen molar-refractivity contribution >= 4 is 5.78 Å². The number of fused-ring (bicyclic) bond motifs is 1. The number of rotatable bonds is 4. The highest BCUT2D eigenvalue weighted by molar-refractivity contribution is 5.79. The molecule has 0 radical (unpaired) electrons. The molecule has 1 aliphatic carbocycles. The van der Waals surface area contributed by atoms with Gasteiger partial charge >= 0.3 is 0 Å². The molecule has 2 aromatic rings. The Balaban J connectivity index is 1.83. The van der Waals surface area contributed by atoms with E-state index in [0.29, 0.717) is 18.1 Å². The van der Waals surface area contributed by atoms with E-state index in [4.69, 9.17) is 4.52 Å². The molecule has 3 rings (SSSR count). The van der Waals surface area contributed by atoms with E-state index in [-0.39, 0.29) is 18.1 Å². The van der Waals surface area contributed by atoms with Gasteiger partial charge in [-0.3, -0.25) is 4.79 Å². The summed E-state index contributed by atoms with van der Waals surface area (Å²) in [6.45, 7) is 1.84. The summed E-state index contributed by atoms with van der Waals surface area (Å²) in [7, 11) is 0. The molecule has 98 valence electrons. The van der Waals surface area contributed by atoms with Gasteiger partial charge in [-0.2, -0.15) is 4.98 Å². The molecule has 0 aliphatic heterocycles. The number of hydrogen-bond donors (Lipinski definition) is 0. The molecule has 0 spiro atoms. The fraction of sp³-hybridized carbons (Fsp3) is 0.400. The lowest BCUT2D eigenvalue weighted by molar-refractivity contribution is -0.118. The number of ketones is 1. The van der Waals surface area contributed by atoms with Crippen LogP contribution in [0, 0.1) is 0 Å². The van der Waals surface area contributed by atoms with Gasteiger partial charge in [-0.05, 0) is 24.0 Å². The van der Waals surface area contributed by atoms with Crippen molar-refractivity contribution in [2.75, 3.05) is 0 Å². The van der Waals surface area contributed by atoms with Crippen molar-refractivity contribution in [3.8, 4) is 0 Å². The van der Waals surface area contributed by atoms with E-state index in [2.05, 4.69) is 28.3 Å². The Morgan fingerprint density at radius 2 is 2.26 bits per heavy atom. The highest BCUT2D eigenvalue weighted by Crippen LogP contribution is 2.36. The van der Waals surface area contributed by atoms with Crippen molar-refractivity contribution in [2.45, 2.75) is 38.5 Å². The van der Waals surface area contributed by atoms with E-state index < -0.39 is 0 Å². The van der Waals surface area contributed by atoms with Gasteiger partial charge in [0.05, 0.1) is 6.42 Å². The molecule has 0 N–H and O–H groups in total. The van der Waals surface area contributed by atoms with E-state index in [0.717, 1.165) is 12.8 Å². The zero-order chi connectivity index (χ0) is 13.2. The van der Waals surface area contributed by atoms with Crippen molar-refractivity contribution < 1.29 is 9.32 Å². The fourth-order valence-electron chi connectivity index (χ4n) is 2.60. The number of aromatic nitrogens is 2. The summed E-state index contributed by atoms with van der Waals surface area (Å²) in [6, 6.07) is 8.37. The molecule has 1 aromatic carbocycles. The maximum absolute atomic E-state index is 11.4. The SMILES string of the molecule is CCC(=O)Cc1nc(C2CCc3ccccc32)no1. The summed E-state index contributed by atoms with van der Waals surface area (Å²) >= 11 is 0. The molecule has 0 fully saturated rings. The number of carbonyl (C=O) groups is 1. The van der Waals surface area contributed by atoms with Gasteiger partial charge in [0.25, 0.3) is 0 Å². The Hall–Kier alpha value is -1.97. The fourth-order valence-corrected chi connectivity index (χ4v) is 2.60. The van der Waals surface area contributed by atoms with E-state index in [1.807, 2.05) is 13.0 Å². The smallest absolute Gasteiger partial charge is 0.234 e. The average molecular weight is 256 g/mol. The Bertz CT molecular complexity index is 604. The van der Waals surface area contributed by atoms with Gasteiger partial charge in [0.15, 0.2) is 5.82 Å². The first-order valence-corrected chi connectivity index (χ1v) is 6.70. The van der Waals surface area contributed by atoms with Crippen LogP contribution in [0.3, 0.4) is 0 Å². The third kappa shape index (κ3) is 2.30. The van der Waals surface area contributed by atoms with Crippen molar-refractivity contribution in [1.82, 2.24) is 10.1 Å². The van der Waals surface area contributed by atoms with Crippen LogP contribution in [0.15, 0.2) is 28.8 Å².